The van der Waals surface area contributed by atoms with Crippen molar-refractivity contribution < 1.29 is 14.0 Å². The quantitative estimate of drug-likeness (QED) is 0.584. The first-order valence-corrected chi connectivity index (χ1v) is 9.41. The van der Waals surface area contributed by atoms with E-state index < -0.39 is 0 Å². The molecule has 1 aromatic carbocycles. The minimum atomic E-state index is 0.199. The van der Waals surface area contributed by atoms with Gasteiger partial charge in [-0.2, -0.15) is 0 Å². The van der Waals surface area contributed by atoms with Gasteiger partial charge in [-0.15, -0.1) is 5.10 Å². The van der Waals surface area contributed by atoms with Crippen LogP contribution in [0, 0.1) is 0 Å². The fourth-order valence-corrected chi connectivity index (χ4v) is 3.57. The van der Waals surface area contributed by atoms with E-state index in [1.807, 2.05) is 30.3 Å². The number of hydrogen-bond donors (Lipinski definition) is 0. The van der Waals surface area contributed by atoms with E-state index in [9.17, 15) is 0 Å². The molecule has 1 fully saturated rings. The number of aromatic nitrogens is 5. The fraction of sp³-hybridized carbons (Fsp3) is 0.412. The van der Waals surface area contributed by atoms with Gasteiger partial charge in [0.05, 0.1) is 25.5 Å². The number of nitrogens with zero attached hydrogens (tertiary/aromatic N) is 5. The zero-order valence-electron chi connectivity index (χ0n) is 14.4. The summed E-state index contributed by atoms with van der Waals surface area (Å²) in [5, 5.41) is 16.8. The van der Waals surface area contributed by atoms with Crippen LogP contribution in [0.2, 0.25) is 0 Å². The monoisotopic (exact) mass is 373 g/mol. The van der Waals surface area contributed by atoms with Gasteiger partial charge in [0.25, 0.3) is 0 Å². The maximum Gasteiger partial charge on any atom is 0.209 e. The van der Waals surface area contributed by atoms with Crippen LogP contribution in [0.4, 0.5) is 0 Å². The maximum atomic E-state index is 5.65. The molecule has 0 saturated carbocycles. The molecule has 0 unspecified atom stereocenters. The summed E-state index contributed by atoms with van der Waals surface area (Å²) in [6.07, 6.45) is 2.35. The highest BCUT2D eigenvalue weighted by Gasteiger charge is 2.19. The Kier molecular flexibility index (Phi) is 5.16. The number of tetrazole rings is 1. The third-order valence-corrected chi connectivity index (χ3v) is 5.17. The summed E-state index contributed by atoms with van der Waals surface area (Å²) in [5.41, 5.74) is 1.77. The van der Waals surface area contributed by atoms with Gasteiger partial charge in [0.15, 0.2) is 0 Å². The smallest absolute Gasteiger partial charge is 0.209 e. The standard InChI is InChI=1S/C17H19N5O3S/c1-23-13-6-4-12(5-7-13)16-9-15(25-19-16)11-26-17-18-20-21-22(17)10-14-3-2-8-24-14/h4-7,9,14H,2-3,8,10-11H2,1H3/t14-/m0/s1. The normalized spacial score (nSPS) is 16.9. The number of hydrogen-bond acceptors (Lipinski definition) is 8. The Labute approximate surface area is 154 Å². The van der Waals surface area contributed by atoms with Crippen molar-refractivity contribution in [2.24, 2.45) is 0 Å². The summed E-state index contributed by atoms with van der Waals surface area (Å²) in [4.78, 5) is 0. The summed E-state index contributed by atoms with van der Waals surface area (Å²) in [5.74, 6) is 2.19. The van der Waals surface area contributed by atoms with Crippen molar-refractivity contribution in [2.75, 3.05) is 13.7 Å². The van der Waals surface area contributed by atoms with E-state index in [-0.39, 0.29) is 6.10 Å². The van der Waals surface area contributed by atoms with E-state index in [4.69, 9.17) is 14.0 Å². The average molecular weight is 373 g/mol. The van der Waals surface area contributed by atoms with Gasteiger partial charge < -0.3 is 14.0 Å². The molecule has 3 heterocycles. The highest BCUT2D eigenvalue weighted by atomic mass is 32.2. The van der Waals surface area contributed by atoms with Crippen LogP contribution in [0.1, 0.15) is 18.6 Å². The van der Waals surface area contributed by atoms with Gasteiger partial charge in [-0.05, 0) is 47.5 Å². The van der Waals surface area contributed by atoms with Crippen molar-refractivity contribution in [1.29, 1.82) is 0 Å². The largest absolute Gasteiger partial charge is 0.497 e. The average Bonchev–Trinajstić information content (AvgIpc) is 3.43. The topological polar surface area (TPSA) is 88.1 Å². The lowest BCUT2D eigenvalue weighted by atomic mass is 10.1. The molecule has 1 aliphatic rings. The summed E-state index contributed by atoms with van der Waals surface area (Å²) in [6, 6.07) is 9.64. The summed E-state index contributed by atoms with van der Waals surface area (Å²) >= 11 is 1.52. The molecule has 0 N–H and O–H groups in total. The van der Waals surface area contributed by atoms with Crippen molar-refractivity contribution >= 4 is 11.8 Å². The second-order valence-electron chi connectivity index (χ2n) is 5.97. The van der Waals surface area contributed by atoms with Crippen molar-refractivity contribution in [1.82, 2.24) is 25.4 Å². The Bertz CT molecular complexity index is 842. The summed E-state index contributed by atoms with van der Waals surface area (Å²) in [6.45, 7) is 1.50. The molecule has 136 valence electrons. The summed E-state index contributed by atoms with van der Waals surface area (Å²) < 4.78 is 18.1. The predicted octanol–water partition coefficient (Wildman–Crippen LogP) is 2.81. The van der Waals surface area contributed by atoms with Crippen LogP contribution < -0.4 is 4.74 Å². The van der Waals surface area contributed by atoms with Crippen molar-refractivity contribution in [2.45, 2.75) is 36.4 Å². The van der Waals surface area contributed by atoms with Gasteiger partial charge in [-0.25, -0.2) is 4.68 Å². The molecule has 26 heavy (non-hydrogen) atoms. The van der Waals surface area contributed by atoms with E-state index in [2.05, 4.69) is 20.7 Å². The van der Waals surface area contributed by atoms with Gasteiger partial charge >= 0.3 is 0 Å². The second-order valence-corrected chi connectivity index (χ2v) is 6.92. The van der Waals surface area contributed by atoms with Crippen LogP contribution in [-0.2, 0) is 17.0 Å². The zero-order valence-corrected chi connectivity index (χ0v) is 15.2. The molecule has 4 rings (SSSR count). The summed E-state index contributed by atoms with van der Waals surface area (Å²) in [7, 11) is 1.65. The Morgan fingerprint density at radius 2 is 2.19 bits per heavy atom. The molecular formula is C17H19N5O3S. The number of benzene rings is 1. The fourth-order valence-electron chi connectivity index (χ4n) is 2.81. The Balaban J connectivity index is 1.38. The van der Waals surface area contributed by atoms with Crippen LogP contribution in [0.5, 0.6) is 5.75 Å². The SMILES string of the molecule is COc1ccc(-c2cc(CSc3nnnn3C[C@@H]3CCCO3)on2)cc1. The number of rotatable bonds is 7. The number of ether oxygens (including phenoxy) is 2. The maximum absolute atomic E-state index is 5.65. The molecule has 8 nitrogen and oxygen atoms in total. The third kappa shape index (κ3) is 3.88. The Hall–Kier alpha value is -2.39. The minimum Gasteiger partial charge on any atom is -0.497 e. The molecule has 1 atom stereocenters. The second kappa shape index (κ2) is 7.88. The van der Waals surface area contributed by atoms with Crippen LogP contribution in [0.25, 0.3) is 11.3 Å². The van der Waals surface area contributed by atoms with Crippen LogP contribution >= 0.6 is 11.8 Å². The van der Waals surface area contributed by atoms with E-state index in [0.29, 0.717) is 12.3 Å². The van der Waals surface area contributed by atoms with E-state index in [0.717, 1.165) is 47.4 Å². The Morgan fingerprint density at radius 1 is 1.31 bits per heavy atom. The molecule has 0 spiro atoms. The molecule has 0 aliphatic carbocycles. The molecule has 9 heteroatoms. The Morgan fingerprint density at radius 3 is 2.96 bits per heavy atom. The lowest BCUT2D eigenvalue weighted by molar-refractivity contribution is 0.0912. The number of methoxy groups -OCH3 is 1. The van der Waals surface area contributed by atoms with Gasteiger partial charge in [-0.3, -0.25) is 0 Å². The van der Waals surface area contributed by atoms with Crippen LogP contribution in [0.3, 0.4) is 0 Å². The van der Waals surface area contributed by atoms with Gasteiger partial charge in [-0.1, -0.05) is 16.9 Å². The van der Waals surface area contributed by atoms with Crippen molar-refractivity contribution in [3.63, 3.8) is 0 Å². The van der Waals surface area contributed by atoms with E-state index >= 15 is 0 Å². The number of thioether (sulfide) groups is 1. The van der Waals surface area contributed by atoms with Gasteiger partial charge in [0.1, 0.15) is 17.2 Å². The van der Waals surface area contributed by atoms with Crippen LogP contribution in [0.15, 0.2) is 40.0 Å². The highest BCUT2D eigenvalue weighted by Crippen LogP contribution is 2.26. The van der Waals surface area contributed by atoms with Crippen molar-refractivity contribution in [3.8, 4) is 17.0 Å². The molecule has 2 aromatic heterocycles. The predicted molar refractivity (Wildman–Crippen MR) is 94.8 cm³/mol. The molecule has 1 saturated heterocycles. The molecule has 0 bridgehead atoms. The molecule has 0 amide bonds. The first kappa shape index (κ1) is 17.0. The van der Waals surface area contributed by atoms with Gasteiger partial charge in [0, 0.05) is 18.2 Å². The lowest BCUT2D eigenvalue weighted by Gasteiger charge is -2.09. The third-order valence-electron chi connectivity index (χ3n) is 4.19. The van der Waals surface area contributed by atoms with Gasteiger partial charge in [0.2, 0.25) is 5.16 Å². The van der Waals surface area contributed by atoms with Crippen molar-refractivity contribution in [3.05, 3.63) is 36.1 Å². The molecule has 3 aromatic rings. The van der Waals surface area contributed by atoms with Crippen LogP contribution in [-0.4, -0.2) is 45.2 Å². The lowest BCUT2D eigenvalue weighted by Crippen LogP contribution is -2.16. The molecule has 1 aliphatic heterocycles. The zero-order chi connectivity index (χ0) is 17.8. The highest BCUT2D eigenvalue weighted by molar-refractivity contribution is 7.98. The van der Waals surface area contributed by atoms with E-state index in [1.165, 1.54) is 11.8 Å². The van der Waals surface area contributed by atoms with E-state index in [1.54, 1.807) is 11.8 Å². The molecule has 0 radical (unpaired) electrons. The minimum absolute atomic E-state index is 0.199. The first-order valence-electron chi connectivity index (χ1n) is 8.42. The molecular weight excluding hydrogens is 354 g/mol. The first-order chi connectivity index (χ1) is 12.8.